The van der Waals surface area contributed by atoms with Gasteiger partial charge in [-0.05, 0) is 28.3 Å². The molecule has 0 saturated carbocycles. The van der Waals surface area contributed by atoms with E-state index in [0.29, 0.717) is 0 Å². The minimum absolute atomic E-state index is 0.00245. The third-order valence-electron chi connectivity index (χ3n) is 2.78. The number of hydrogen-bond donors (Lipinski definition) is 2. The quantitative estimate of drug-likeness (QED) is 0.881. The van der Waals surface area contributed by atoms with Gasteiger partial charge >= 0.3 is 0 Å². The van der Waals surface area contributed by atoms with Gasteiger partial charge in [0.15, 0.2) is 4.67 Å². The van der Waals surface area contributed by atoms with E-state index >= 15 is 0 Å². The molecule has 0 amide bonds. The van der Waals surface area contributed by atoms with Gasteiger partial charge in [0.1, 0.15) is 17.3 Å². The van der Waals surface area contributed by atoms with Crippen molar-refractivity contribution in [3.63, 3.8) is 0 Å². The molecule has 1 rings (SSSR count). The second-order valence-corrected chi connectivity index (χ2v) is 7.62. The van der Waals surface area contributed by atoms with Crippen molar-refractivity contribution in [2.75, 3.05) is 0 Å². The Bertz CT molecular complexity index is 516. The number of rotatable bonds is 4. The molecule has 0 bridgehead atoms. The minimum Gasteiger partial charge on any atom is -0.450 e. The predicted octanol–water partition coefficient (Wildman–Crippen LogP) is 2.25. The maximum atomic E-state index is 12.2. The molecule has 1 aromatic heterocycles. The second-order valence-electron chi connectivity index (χ2n) is 5.22. The average Bonchev–Trinajstić information content (AvgIpc) is 2.58. The molecule has 0 aliphatic carbocycles. The third-order valence-corrected chi connectivity index (χ3v) is 5.18. The van der Waals surface area contributed by atoms with Crippen LogP contribution in [0.5, 0.6) is 0 Å². The number of hydrogen-bond acceptors (Lipinski definition) is 4. The van der Waals surface area contributed by atoms with Gasteiger partial charge in [-0.1, -0.05) is 20.8 Å². The summed E-state index contributed by atoms with van der Waals surface area (Å²) in [5, 5.41) is 8.92. The first-order chi connectivity index (χ1) is 8.08. The molecule has 1 unspecified atom stereocenters. The van der Waals surface area contributed by atoms with Crippen LogP contribution < -0.4 is 4.72 Å². The normalized spacial score (nSPS) is 14.8. The maximum absolute atomic E-state index is 12.2. The van der Waals surface area contributed by atoms with Gasteiger partial charge in [0, 0.05) is 12.1 Å². The molecule has 1 heterocycles. The summed E-state index contributed by atoms with van der Waals surface area (Å²) in [5.41, 5.74) is -0.191. The summed E-state index contributed by atoms with van der Waals surface area (Å²) in [6.45, 7) is 7.30. The molecular formula is C11H18BrNO4S. The molecule has 1 atom stereocenters. The summed E-state index contributed by atoms with van der Waals surface area (Å²) in [6.07, 6.45) is 0. The van der Waals surface area contributed by atoms with Gasteiger partial charge in [-0.2, -0.15) is 0 Å². The smallest absolute Gasteiger partial charge is 0.245 e. The van der Waals surface area contributed by atoms with E-state index in [1.54, 1.807) is 6.92 Å². The molecular weight excluding hydrogens is 322 g/mol. The van der Waals surface area contributed by atoms with Crippen LogP contribution in [0.15, 0.2) is 20.0 Å². The van der Waals surface area contributed by atoms with Crippen LogP contribution in [0.3, 0.4) is 0 Å². The minimum atomic E-state index is -3.66. The molecule has 5 nitrogen and oxygen atoms in total. The van der Waals surface area contributed by atoms with Crippen LogP contribution in [-0.2, 0) is 16.6 Å². The number of nitrogens with one attached hydrogen (secondary N) is 1. The van der Waals surface area contributed by atoms with Crippen LogP contribution in [0, 0.1) is 5.41 Å². The molecule has 0 saturated heterocycles. The highest BCUT2D eigenvalue weighted by atomic mass is 79.9. The summed E-state index contributed by atoms with van der Waals surface area (Å²) >= 11 is 3.04. The zero-order valence-electron chi connectivity index (χ0n) is 10.8. The van der Waals surface area contributed by atoms with E-state index in [1.165, 1.54) is 6.07 Å². The van der Waals surface area contributed by atoms with Crippen LogP contribution in [0.4, 0.5) is 0 Å². The van der Waals surface area contributed by atoms with Crippen molar-refractivity contribution in [2.45, 2.75) is 45.2 Å². The van der Waals surface area contributed by atoms with Crippen LogP contribution in [0.2, 0.25) is 0 Å². The first kappa shape index (κ1) is 15.7. The van der Waals surface area contributed by atoms with E-state index in [9.17, 15) is 8.42 Å². The van der Waals surface area contributed by atoms with Crippen molar-refractivity contribution in [2.24, 2.45) is 5.41 Å². The Kier molecular flexibility index (Phi) is 4.64. The van der Waals surface area contributed by atoms with Crippen molar-refractivity contribution >= 4 is 26.0 Å². The van der Waals surface area contributed by atoms with E-state index in [1.807, 2.05) is 20.8 Å². The maximum Gasteiger partial charge on any atom is 0.245 e. The van der Waals surface area contributed by atoms with E-state index in [4.69, 9.17) is 9.52 Å². The lowest BCUT2D eigenvalue weighted by atomic mass is 9.89. The number of halogens is 1. The molecule has 0 radical (unpaired) electrons. The van der Waals surface area contributed by atoms with Crippen molar-refractivity contribution in [3.05, 3.63) is 16.5 Å². The number of sulfonamides is 1. The Morgan fingerprint density at radius 3 is 2.44 bits per heavy atom. The Hall–Kier alpha value is -0.370. The summed E-state index contributed by atoms with van der Waals surface area (Å²) in [6, 6.07) is 1.07. The van der Waals surface area contributed by atoms with E-state index in [-0.39, 0.29) is 33.4 Å². The van der Waals surface area contributed by atoms with Crippen LogP contribution in [0.1, 0.15) is 33.5 Å². The fourth-order valence-electron chi connectivity index (χ4n) is 1.13. The monoisotopic (exact) mass is 339 g/mol. The zero-order chi connectivity index (χ0) is 14.1. The Morgan fingerprint density at radius 1 is 1.50 bits per heavy atom. The van der Waals surface area contributed by atoms with Crippen molar-refractivity contribution < 1.29 is 17.9 Å². The summed E-state index contributed by atoms with van der Waals surface area (Å²) in [4.78, 5) is 0.00245. The summed E-state index contributed by atoms with van der Waals surface area (Å²) in [7, 11) is -3.66. The third kappa shape index (κ3) is 3.57. The first-order valence-corrected chi connectivity index (χ1v) is 7.77. The van der Waals surface area contributed by atoms with E-state index in [2.05, 4.69) is 20.7 Å². The van der Waals surface area contributed by atoms with Crippen molar-refractivity contribution in [1.29, 1.82) is 0 Å². The lowest BCUT2D eigenvalue weighted by Crippen LogP contribution is -2.41. The second kappa shape index (κ2) is 5.32. The molecule has 104 valence electrons. The standard InChI is InChI=1S/C11H18BrNO4S/c1-7(11(2,3)4)13-18(15,16)9-5-8(6-14)17-10(9)12/h5,7,13-14H,6H2,1-4H3. The molecule has 18 heavy (non-hydrogen) atoms. The number of aliphatic hydroxyl groups excluding tert-OH is 1. The van der Waals surface area contributed by atoms with Gasteiger partial charge in [-0.15, -0.1) is 0 Å². The number of furan rings is 1. The molecule has 0 aromatic carbocycles. The lowest BCUT2D eigenvalue weighted by Gasteiger charge is -2.27. The summed E-state index contributed by atoms with van der Waals surface area (Å²) in [5.74, 6) is 0.200. The molecule has 0 spiro atoms. The van der Waals surface area contributed by atoms with Crippen LogP contribution in [-0.4, -0.2) is 19.6 Å². The van der Waals surface area contributed by atoms with Crippen LogP contribution >= 0.6 is 15.9 Å². The highest BCUT2D eigenvalue weighted by Crippen LogP contribution is 2.28. The number of aliphatic hydroxyl groups is 1. The van der Waals surface area contributed by atoms with Gasteiger partial charge in [-0.3, -0.25) is 0 Å². The molecule has 1 aromatic rings. The highest BCUT2D eigenvalue weighted by Gasteiger charge is 2.29. The van der Waals surface area contributed by atoms with Crippen molar-refractivity contribution in [3.8, 4) is 0 Å². The SMILES string of the molecule is CC(NS(=O)(=O)c1cc(CO)oc1Br)C(C)(C)C. The topological polar surface area (TPSA) is 79.5 Å². The fraction of sp³-hybridized carbons (Fsp3) is 0.636. The van der Waals surface area contributed by atoms with Gasteiger partial charge in [-0.25, -0.2) is 13.1 Å². The van der Waals surface area contributed by atoms with Crippen LogP contribution in [0.25, 0.3) is 0 Å². The largest absolute Gasteiger partial charge is 0.450 e. The molecule has 7 heteroatoms. The Balaban J connectivity index is 3.03. The average molecular weight is 340 g/mol. The highest BCUT2D eigenvalue weighted by molar-refractivity contribution is 9.10. The van der Waals surface area contributed by atoms with Gasteiger partial charge in [0.05, 0.1) is 0 Å². The Morgan fingerprint density at radius 2 is 2.06 bits per heavy atom. The van der Waals surface area contributed by atoms with Gasteiger partial charge in [0.2, 0.25) is 10.0 Å². The molecule has 0 aliphatic rings. The van der Waals surface area contributed by atoms with E-state index < -0.39 is 10.0 Å². The lowest BCUT2D eigenvalue weighted by molar-refractivity contribution is 0.245. The van der Waals surface area contributed by atoms with Crippen molar-refractivity contribution in [1.82, 2.24) is 4.72 Å². The molecule has 0 aliphatic heterocycles. The first-order valence-electron chi connectivity index (χ1n) is 5.49. The summed E-state index contributed by atoms with van der Waals surface area (Å²) < 4.78 is 32.1. The van der Waals surface area contributed by atoms with Gasteiger partial charge in [0.25, 0.3) is 0 Å². The fourth-order valence-corrected chi connectivity index (χ4v) is 3.58. The van der Waals surface area contributed by atoms with Gasteiger partial charge < -0.3 is 9.52 Å². The molecule has 2 N–H and O–H groups in total. The Labute approximate surface area is 116 Å². The van der Waals surface area contributed by atoms with E-state index in [0.717, 1.165) is 0 Å². The zero-order valence-corrected chi connectivity index (χ0v) is 13.2. The predicted molar refractivity (Wildman–Crippen MR) is 71.6 cm³/mol. The molecule has 0 fully saturated rings.